The monoisotopic (exact) mass is 265 g/mol. The van der Waals surface area contributed by atoms with Crippen molar-refractivity contribution in [1.29, 1.82) is 5.41 Å². The molecule has 1 aliphatic carbocycles. The molecule has 0 saturated heterocycles. The predicted octanol–water partition coefficient (Wildman–Crippen LogP) is 5.39. The summed E-state index contributed by atoms with van der Waals surface area (Å²) in [4.78, 5) is 0. The number of hydrogen-bond donors (Lipinski definition) is 1. The standard InChI is InChI=1S/C17H17N.C2H6/c1-6-13-12(5)15-10(3)8-9-11(4)16(15)17(18)14(13)7-2;1-2/h6-9,18H,1-2,5H2,3-4H3;1-2H3. The van der Waals surface area contributed by atoms with E-state index in [0.29, 0.717) is 5.71 Å². The van der Waals surface area contributed by atoms with E-state index in [0.717, 1.165) is 39.0 Å². The van der Waals surface area contributed by atoms with Crippen LogP contribution in [0.15, 0.2) is 55.2 Å². The third-order valence-corrected chi connectivity index (χ3v) is 3.47. The van der Waals surface area contributed by atoms with Gasteiger partial charge >= 0.3 is 0 Å². The van der Waals surface area contributed by atoms with Gasteiger partial charge < -0.3 is 0 Å². The molecule has 1 aromatic rings. The highest BCUT2D eigenvalue weighted by Crippen LogP contribution is 2.38. The van der Waals surface area contributed by atoms with Gasteiger partial charge in [0.2, 0.25) is 0 Å². The maximum absolute atomic E-state index is 8.37. The molecule has 0 aromatic heterocycles. The zero-order valence-electron chi connectivity index (χ0n) is 12.9. The average molecular weight is 265 g/mol. The van der Waals surface area contributed by atoms with Crippen molar-refractivity contribution in [2.45, 2.75) is 27.7 Å². The van der Waals surface area contributed by atoms with Crippen LogP contribution < -0.4 is 0 Å². The van der Waals surface area contributed by atoms with Gasteiger partial charge in [0.05, 0.1) is 5.71 Å². The minimum Gasteiger partial charge on any atom is -0.300 e. The normalized spacial score (nSPS) is 13.4. The fourth-order valence-corrected chi connectivity index (χ4v) is 2.53. The maximum Gasteiger partial charge on any atom is 0.0699 e. The van der Waals surface area contributed by atoms with Crippen molar-refractivity contribution >= 4 is 11.3 Å². The van der Waals surface area contributed by atoms with E-state index < -0.39 is 0 Å². The number of aryl methyl sites for hydroxylation is 2. The summed E-state index contributed by atoms with van der Waals surface area (Å²) >= 11 is 0. The Morgan fingerprint density at radius 3 is 1.80 bits per heavy atom. The second-order valence-electron chi connectivity index (χ2n) is 4.54. The topological polar surface area (TPSA) is 23.9 Å². The van der Waals surface area contributed by atoms with Crippen molar-refractivity contribution < 1.29 is 0 Å². The van der Waals surface area contributed by atoms with Gasteiger partial charge in [-0.1, -0.05) is 57.9 Å². The van der Waals surface area contributed by atoms with E-state index in [-0.39, 0.29) is 0 Å². The highest BCUT2D eigenvalue weighted by atomic mass is 14.5. The van der Waals surface area contributed by atoms with E-state index >= 15 is 0 Å². The van der Waals surface area contributed by atoms with Crippen LogP contribution in [0.25, 0.3) is 5.57 Å². The highest BCUT2D eigenvalue weighted by molar-refractivity contribution is 6.21. The first kappa shape index (κ1) is 15.9. The van der Waals surface area contributed by atoms with E-state index in [9.17, 15) is 0 Å². The van der Waals surface area contributed by atoms with Gasteiger partial charge in [0.15, 0.2) is 0 Å². The minimum atomic E-state index is 0.517. The van der Waals surface area contributed by atoms with E-state index in [1.807, 2.05) is 20.8 Å². The van der Waals surface area contributed by atoms with Crippen LogP contribution in [0.1, 0.15) is 36.1 Å². The Balaban J connectivity index is 0.000000956. The van der Waals surface area contributed by atoms with Crippen molar-refractivity contribution in [3.63, 3.8) is 0 Å². The lowest BCUT2D eigenvalue weighted by Gasteiger charge is -2.26. The molecule has 0 amide bonds. The first-order valence-corrected chi connectivity index (χ1v) is 6.91. The fourth-order valence-electron chi connectivity index (χ4n) is 2.53. The molecule has 1 heteroatoms. The maximum atomic E-state index is 8.37. The van der Waals surface area contributed by atoms with Gasteiger partial charge in [-0.25, -0.2) is 0 Å². The number of rotatable bonds is 2. The molecule has 0 heterocycles. The van der Waals surface area contributed by atoms with Gasteiger partial charge in [-0.15, -0.1) is 0 Å². The van der Waals surface area contributed by atoms with Gasteiger partial charge in [0.25, 0.3) is 0 Å². The van der Waals surface area contributed by atoms with Crippen LogP contribution >= 0.6 is 0 Å². The Bertz CT molecular complexity index is 572. The van der Waals surface area contributed by atoms with Gasteiger partial charge in [-0.3, -0.25) is 5.41 Å². The quantitative estimate of drug-likeness (QED) is 0.741. The zero-order valence-corrected chi connectivity index (χ0v) is 12.9. The lowest BCUT2D eigenvalue weighted by Crippen LogP contribution is -2.16. The van der Waals surface area contributed by atoms with Crippen LogP contribution in [-0.4, -0.2) is 5.71 Å². The molecule has 104 valence electrons. The molecule has 20 heavy (non-hydrogen) atoms. The first-order chi connectivity index (χ1) is 9.52. The first-order valence-electron chi connectivity index (χ1n) is 6.91. The SMILES string of the molecule is C=CC1=C(C=C)C(=N)c2c(C)ccc(C)c2C1=C.CC. The second-order valence-corrected chi connectivity index (χ2v) is 4.54. The van der Waals surface area contributed by atoms with Gasteiger partial charge in [-0.2, -0.15) is 0 Å². The molecule has 1 aromatic carbocycles. The van der Waals surface area contributed by atoms with Crippen LogP contribution in [0, 0.1) is 19.3 Å². The predicted molar refractivity (Wildman–Crippen MR) is 90.5 cm³/mol. The summed E-state index contributed by atoms with van der Waals surface area (Å²) in [5.41, 5.74) is 7.47. The Hall–Kier alpha value is -2.15. The van der Waals surface area contributed by atoms with Crippen LogP contribution in [0.4, 0.5) is 0 Å². The number of fused-ring (bicyclic) bond motifs is 1. The lowest BCUT2D eigenvalue weighted by atomic mass is 9.78. The smallest absolute Gasteiger partial charge is 0.0699 e. The third kappa shape index (κ3) is 2.32. The molecule has 0 unspecified atom stereocenters. The van der Waals surface area contributed by atoms with Crippen LogP contribution in [-0.2, 0) is 0 Å². The van der Waals surface area contributed by atoms with Gasteiger partial charge in [-0.05, 0) is 41.7 Å². The number of hydrogen-bond acceptors (Lipinski definition) is 1. The average Bonchev–Trinajstić information content (AvgIpc) is 2.46. The molecule has 1 N–H and O–H groups in total. The largest absolute Gasteiger partial charge is 0.300 e. The molecule has 1 aliphatic rings. The van der Waals surface area contributed by atoms with E-state index in [4.69, 9.17) is 5.41 Å². The van der Waals surface area contributed by atoms with E-state index in [1.165, 1.54) is 0 Å². The Labute approximate surface area is 122 Å². The molecule has 0 bridgehead atoms. The summed E-state index contributed by atoms with van der Waals surface area (Å²) in [6, 6.07) is 4.13. The lowest BCUT2D eigenvalue weighted by molar-refractivity contribution is 1.30. The molecule has 2 rings (SSSR count). The number of benzene rings is 1. The van der Waals surface area contributed by atoms with Crippen molar-refractivity contribution in [3.8, 4) is 0 Å². The van der Waals surface area contributed by atoms with Crippen molar-refractivity contribution in [2.24, 2.45) is 0 Å². The summed E-state index contributed by atoms with van der Waals surface area (Å²) in [7, 11) is 0. The Kier molecular flexibility index (Phi) is 5.04. The molecular weight excluding hydrogens is 242 g/mol. The van der Waals surface area contributed by atoms with Crippen LogP contribution in [0.5, 0.6) is 0 Å². The molecular formula is C19H23N. The zero-order chi connectivity index (χ0) is 15.4. The fraction of sp³-hybridized carbons (Fsp3) is 0.211. The van der Waals surface area contributed by atoms with Crippen molar-refractivity contribution in [3.05, 3.63) is 77.4 Å². The summed E-state index contributed by atoms with van der Waals surface area (Å²) in [5, 5.41) is 8.37. The molecule has 0 saturated carbocycles. The van der Waals surface area contributed by atoms with Crippen molar-refractivity contribution in [1.82, 2.24) is 0 Å². The van der Waals surface area contributed by atoms with E-state index in [2.05, 4.69) is 38.8 Å². The molecule has 0 aliphatic heterocycles. The summed E-state index contributed by atoms with van der Waals surface area (Å²) < 4.78 is 0. The molecule has 1 nitrogen and oxygen atoms in total. The number of allylic oxidation sites excluding steroid dienone is 5. The highest BCUT2D eigenvalue weighted by Gasteiger charge is 2.25. The Morgan fingerprint density at radius 2 is 1.35 bits per heavy atom. The number of nitrogens with one attached hydrogen (secondary N) is 1. The van der Waals surface area contributed by atoms with Gasteiger partial charge in [0.1, 0.15) is 0 Å². The molecule has 0 spiro atoms. The van der Waals surface area contributed by atoms with Gasteiger partial charge in [0, 0.05) is 11.1 Å². The van der Waals surface area contributed by atoms with Crippen LogP contribution in [0.2, 0.25) is 0 Å². The summed E-state index contributed by atoms with van der Waals surface area (Å²) in [6.07, 6.45) is 3.48. The molecule has 0 radical (unpaired) electrons. The molecule has 0 atom stereocenters. The third-order valence-electron chi connectivity index (χ3n) is 3.47. The second kappa shape index (κ2) is 6.33. The van der Waals surface area contributed by atoms with Crippen molar-refractivity contribution in [2.75, 3.05) is 0 Å². The van der Waals surface area contributed by atoms with E-state index in [1.54, 1.807) is 12.2 Å². The summed E-state index contributed by atoms with van der Waals surface area (Å²) in [6.45, 7) is 19.9. The summed E-state index contributed by atoms with van der Waals surface area (Å²) in [5.74, 6) is 0. The molecule has 0 fully saturated rings. The van der Waals surface area contributed by atoms with Crippen LogP contribution in [0.3, 0.4) is 0 Å². The Morgan fingerprint density at radius 1 is 0.900 bits per heavy atom. The minimum absolute atomic E-state index is 0.517.